The number of nitro groups is 1. The van der Waals surface area contributed by atoms with E-state index in [1.54, 1.807) is 18.2 Å². The fraction of sp³-hybridized carbons (Fsp3) is 0.154. The van der Waals surface area contributed by atoms with Gasteiger partial charge in [0.15, 0.2) is 5.75 Å². The standard InChI is InChI=1S/C13H13NO5/c1-2-3-8-19-12-6-4-10(5-7-13(15)16)9-11(12)14(17)18/h2-7,9H,8H2,1H3,(H,15,16)/b3-2+,7-5+. The van der Waals surface area contributed by atoms with E-state index in [1.807, 2.05) is 6.92 Å². The first kappa shape index (κ1) is 14.4. The van der Waals surface area contributed by atoms with Crippen LogP contribution in [0.4, 0.5) is 5.69 Å². The molecule has 100 valence electrons. The minimum absolute atomic E-state index is 0.149. The number of carboxylic acid groups (broad SMARTS) is 1. The summed E-state index contributed by atoms with van der Waals surface area (Å²) >= 11 is 0. The van der Waals surface area contributed by atoms with E-state index in [2.05, 4.69) is 0 Å². The molecular weight excluding hydrogens is 250 g/mol. The van der Waals surface area contributed by atoms with Crippen molar-refractivity contribution in [1.29, 1.82) is 0 Å². The Kier molecular flexibility index (Phi) is 5.28. The van der Waals surface area contributed by atoms with E-state index >= 15 is 0 Å². The molecule has 19 heavy (non-hydrogen) atoms. The number of ether oxygens (including phenoxy) is 1. The Morgan fingerprint density at radius 3 is 2.84 bits per heavy atom. The quantitative estimate of drug-likeness (QED) is 0.369. The zero-order chi connectivity index (χ0) is 14.3. The molecule has 1 aromatic rings. The molecule has 0 saturated heterocycles. The first-order valence-corrected chi connectivity index (χ1v) is 5.48. The number of hydrogen-bond acceptors (Lipinski definition) is 4. The maximum Gasteiger partial charge on any atom is 0.328 e. The highest BCUT2D eigenvalue weighted by atomic mass is 16.6. The number of aliphatic carboxylic acids is 1. The minimum atomic E-state index is -1.11. The number of nitro benzene ring substituents is 1. The molecule has 0 radical (unpaired) electrons. The molecule has 0 fully saturated rings. The maximum atomic E-state index is 10.9. The van der Waals surface area contributed by atoms with Crippen molar-refractivity contribution in [2.24, 2.45) is 0 Å². The van der Waals surface area contributed by atoms with Crippen molar-refractivity contribution in [3.05, 3.63) is 52.1 Å². The first-order chi connectivity index (χ1) is 9.04. The van der Waals surface area contributed by atoms with Crippen LogP contribution in [0.25, 0.3) is 6.08 Å². The topological polar surface area (TPSA) is 89.7 Å². The number of nitrogens with zero attached hydrogens (tertiary/aromatic N) is 1. The molecule has 0 saturated carbocycles. The Morgan fingerprint density at radius 2 is 2.26 bits per heavy atom. The summed E-state index contributed by atoms with van der Waals surface area (Å²) in [7, 11) is 0. The van der Waals surface area contributed by atoms with Crippen molar-refractivity contribution in [2.75, 3.05) is 6.61 Å². The van der Waals surface area contributed by atoms with Crippen LogP contribution >= 0.6 is 0 Å². The zero-order valence-electron chi connectivity index (χ0n) is 10.3. The molecule has 1 aromatic carbocycles. The third-order valence-corrected chi connectivity index (χ3v) is 2.17. The molecule has 0 atom stereocenters. The molecule has 1 rings (SSSR count). The number of hydrogen-bond donors (Lipinski definition) is 1. The average molecular weight is 263 g/mol. The van der Waals surface area contributed by atoms with Crippen LogP contribution in [0.15, 0.2) is 36.4 Å². The van der Waals surface area contributed by atoms with Crippen molar-refractivity contribution < 1.29 is 19.6 Å². The normalized spacial score (nSPS) is 11.0. The predicted molar refractivity (Wildman–Crippen MR) is 70.1 cm³/mol. The second-order valence-electron chi connectivity index (χ2n) is 3.54. The largest absolute Gasteiger partial charge is 0.483 e. The first-order valence-electron chi connectivity index (χ1n) is 5.48. The molecule has 0 aromatic heterocycles. The van der Waals surface area contributed by atoms with E-state index in [0.717, 1.165) is 6.08 Å². The smallest absolute Gasteiger partial charge is 0.328 e. The van der Waals surface area contributed by atoms with E-state index in [0.29, 0.717) is 5.56 Å². The van der Waals surface area contributed by atoms with Gasteiger partial charge in [-0.2, -0.15) is 0 Å². The third kappa shape index (κ3) is 4.63. The lowest BCUT2D eigenvalue weighted by atomic mass is 10.1. The summed E-state index contributed by atoms with van der Waals surface area (Å²) in [6, 6.07) is 4.27. The Morgan fingerprint density at radius 1 is 1.53 bits per heavy atom. The van der Waals surface area contributed by atoms with Crippen LogP contribution in [0.5, 0.6) is 5.75 Å². The van der Waals surface area contributed by atoms with Gasteiger partial charge in [-0.1, -0.05) is 18.2 Å². The number of allylic oxidation sites excluding steroid dienone is 1. The molecule has 0 heterocycles. The molecule has 0 aliphatic carbocycles. The van der Waals surface area contributed by atoms with Crippen molar-refractivity contribution in [2.45, 2.75) is 6.92 Å². The van der Waals surface area contributed by atoms with E-state index in [4.69, 9.17) is 9.84 Å². The minimum Gasteiger partial charge on any atom is -0.483 e. The Bertz CT molecular complexity index is 534. The zero-order valence-corrected chi connectivity index (χ0v) is 10.3. The lowest BCUT2D eigenvalue weighted by molar-refractivity contribution is -0.385. The van der Waals surface area contributed by atoms with Gasteiger partial charge in [0.1, 0.15) is 6.61 Å². The molecule has 0 unspecified atom stereocenters. The number of carbonyl (C=O) groups is 1. The summed E-state index contributed by atoms with van der Waals surface area (Å²) in [6.07, 6.45) is 5.70. The van der Waals surface area contributed by atoms with Crippen LogP contribution in [-0.4, -0.2) is 22.6 Å². The van der Waals surface area contributed by atoms with Gasteiger partial charge in [0.05, 0.1) is 4.92 Å². The molecule has 0 amide bonds. The highest BCUT2D eigenvalue weighted by Crippen LogP contribution is 2.28. The van der Waals surface area contributed by atoms with Crippen LogP contribution in [-0.2, 0) is 4.79 Å². The Labute approximate surface area is 109 Å². The predicted octanol–water partition coefficient (Wildman–Crippen LogP) is 2.65. The van der Waals surface area contributed by atoms with Gasteiger partial charge in [-0.25, -0.2) is 4.79 Å². The second kappa shape index (κ2) is 6.95. The summed E-state index contributed by atoms with van der Waals surface area (Å²) in [5, 5.41) is 19.4. The molecule has 0 bridgehead atoms. The fourth-order valence-corrected chi connectivity index (χ4v) is 1.30. The van der Waals surface area contributed by atoms with Gasteiger partial charge in [-0.3, -0.25) is 10.1 Å². The summed E-state index contributed by atoms with van der Waals surface area (Å²) in [5.74, 6) is -0.966. The lowest BCUT2D eigenvalue weighted by Crippen LogP contribution is -1.98. The number of carboxylic acids is 1. The lowest BCUT2D eigenvalue weighted by Gasteiger charge is -2.04. The molecule has 0 spiro atoms. The summed E-state index contributed by atoms with van der Waals surface area (Å²) in [6.45, 7) is 2.05. The second-order valence-corrected chi connectivity index (χ2v) is 3.54. The molecule has 0 aliphatic heterocycles. The Hall–Kier alpha value is -2.63. The van der Waals surface area contributed by atoms with Crippen molar-refractivity contribution in [3.63, 3.8) is 0 Å². The van der Waals surface area contributed by atoms with Crippen molar-refractivity contribution in [1.82, 2.24) is 0 Å². The van der Waals surface area contributed by atoms with Gasteiger partial charge < -0.3 is 9.84 Å². The fourth-order valence-electron chi connectivity index (χ4n) is 1.30. The van der Waals surface area contributed by atoms with Gasteiger partial charge in [0.2, 0.25) is 0 Å². The van der Waals surface area contributed by atoms with E-state index in [1.165, 1.54) is 18.2 Å². The maximum absolute atomic E-state index is 10.9. The van der Waals surface area contributed by atoms with Crippen LogP contribution in [0.2, 0.25) is 0 Å². The Balaban J connectivity index is 3.00. The average Bonchev–Trinajstić information content (AvgIpc) is 2.37. The molecule has 6 heteroatoms. The van der Waals surface area contributed by atoms with E-state index < -0.39 is 10.9 Å². The molecular formula is C13H13NO5. The van der Waals surface area contributed by atoms with Gasteiger partial charge in [-0.15, -0.1) is 0 Å². The van der Waals surface area contributed by atoms with Crippen LogP contribution in [0.1, 0.15) is 12.5 Å². The van der Waals surface area contributed by atoms with Crippen LogP contribution < -0.4 is 4.74 Å². The highest BCUT2D eigenvalue weighted by molar-refractivity contribution is 5.85. The monoisotopic (exact) mass is 263 g/mol. The highest BCUT2D eigenvalue weighted by Gasteiger charge is 2.15. The summed E-state index contributed by atoms with van der Waals surface area (Å²) in [4.78, 5) is 20.7. The van der Waals surface area contributed by atoms with Crippen LogP contribution in [0, 0.1) is 10.1 Å². The van der Waals surface area contributed by atoms with E-state index in [9.17, 15) is 14.9 Å². The van der Waals surface area contributed by atoms with Gasteiger partial charge in [0, 0.05) is 12.1 Å². The van der Waals surface area contributed by atoms with E-state index in [-0.39, 0.29) is 18.0 Å². The third-order valence-electron chi connectivity index (χ3n) is 2.17. The summed E-state index contributed by atoms with van der Waals surface area (Å²) in [5.41, 5.74) is 0.226. The SMILES string of the molecule is C/C=C/COc1ccc(/C=C/C(=O)O)cc1[N+](=O)[O-]. The molecule has 0 aliphatic rings. The van der Waals surface area contributed by atoms with Crippen LogP contribution in [0.3, 0.4) is 0 Å². The number of benzene rings is 1. The van der Waals surface area contributed by atoms with Gasteiger partial charge in [-0.05, 0) is 24.6 Å². The molecule has 1 N–H and O–H groups in total. The van der Waals surface area contributed by atoms with Crippen molar-refractivity contribution >= 4 is 17.7 Å². The molecule has 6 nitrogen and oxygen atoms in total. The van der Waals surface area contributed by atoms with Gasteiger partial charge >= 0.3 is 11.7 Å². The number of rotatable bonds is 6. The van der Waals surface area contributed by atoms with Gasteiger partial charge in [0.25, 0.3) is 0 Å². The van der Waals surface area contributed by atoms with Crippen molar-refractivity contribution in [3.8, 4) is 5.75 Å². The summed E-state index contributed by atoms with van der Waals surface area (Å²) < 4.78 is 5.25.